The van der Waals surface area contributed by atoms with Crippen LogP contribution in [0.2, 0.25) is 0 Å². The first kappa shape index (κ1) is 13.4. The average Bonchev–Trinajstić information content (AvgIpc) is 2.26. The fraction of sp³-hybridized carbons (Fsp3) is 0.500. The molecule has 0 unspecified atom stereocenters. The molecule has 0 atom stereocenters. The summed E-state index contributed by atoms with van der Waals surface area (Å²) >= 11 is 3.56. The van der Waals surface area contributed by atoms with Crippen molar-refractivity contribution in [2.24, 2.45) is 5.92 Å². The van der Waals surface area contributed by atoms with Crippen molar-refractivity contribution >= 4 is 21.8 Å². The van der Waals surface area contributed by atoms with Crippen LogP contribution in [0.15, 0.2) is 24.3 Å². The molecule has 0 saturated heterocycles. The Kier molecular flexibility index (Phi) is 4.27. The van der Waals surface area contributed by atoms with Gasteiger partial charge in [0, 0.05) is 18.4 Å². The number of rotatable bonds is 4. The summed E-state index contributed by atoms with van der Waals surface area (Å²) in [6, 6.07) is 6.88. The molecule has 2 rings (SSSR count). The molecule has 0 spiro atoms. The van der Waals surface area contributed by atoms with Crippen LogP contribution in [-0.4, -0.2) is 34.3 Å². The van der Waals surface area contributed by atoms with E-state index in [0.29, 0.717) is 17.2 Å². The fourth-order valence-electron chi connectivity index (χ4n) is 2.27. The predicted octanol–water partition coefficient (Wildman–Crippen LogP) is 2.57. The first-order chi connectivity index (χ1) is 8.54. The molecule has 1 aromatic rings. The van der Waals surface area contributed by atoms with Crippen LogP contribution < -0.4 is 0 Å². The molecule has 0 aromatic heterocycles. The summed E-state index contributed by atoms with van der Waals surface area (Å²) in [6.07, 6.45) is 2.67. The first-order valence-corrected chi connectivity index (χ1v) is 7.12. The maximum atomic E-state index is 12.0. The second kappa shape index (κ2) is 5.74. The summed E-state index contributed by atoms with van der Waals surface area (Å²) in [5.41, 5.74) is 0.860. The van der Waals surface area contributed by atoms with Crippen LogP contribution in [0.4, 0.5) is 0 Å². The zero-order chi connectivity index (χ0) is 13.1. The number of aromatic hydroxyl groups is 1. The zero-order valence-corrected chi connectivity index (χ0v) is 12.1. The lowest BCUT2D eigenvalue weighted by atomic mass is 9.85. The highest BCUT2D eigenvalue weighted by Gasteiger charge is 2.28. The van der Waals surface area contributed by atoms with Crippen LogP contribution in [0.25, 0.3) is 0 Å². The topological polar surface area (TPSA) is 40.5 Å². The van der Waals surface area contributed by atoms with Gasteiger partial charge in [0.25, 0.3) is 0 Å². The molecule has 1 amide bonds. The molecule has 1 saturated carbocycles. The molecule has 1 aliphatic rings. The minimum atomic E-state index is 0.110. The quantitative estimate of drug-likeness (QED) is 0.868. The Morgan fingerprint density at radius 1 is 1.50 bits per heavy atom. The van der Waals surface area contributed by atoms with Crippen molar-refractivity contribution in [2.75, 3.05) is 13.6 Å². The Balaban J connectivity index is 1.83. The molecule has 1 aliphatic carbocycles. The number of hydrogen-bond acceptors (Lipinski definition) is 2. The van der Waals surface area contributed by atoms with Crippen LogP contribution in [0.3, 0.4) is 0 Å². The van der Waals surface area contributed by atoms with E-state index >= 15 is 0 Å². The molecule has 0 bridgehead atoms. The number of phenols is 1. The Hall–Kier alpha value is -1.03. The smallest absolute Gasteiger partial charge is 0.226 e. The van der Waals surface area contributed by atoms with Crippen LogP contribution in [0.1, 0.15) is 18.4 Å². The first-order valence-electron chi connectivity index (χ1n) is 6.20. The van der Waals surface area contributed by atoms with Crippen LogP contribution in [0, 0.1) is 5.92 Å². The highest BCUT2D eigenvalue weighted by molar-refractivity contribution is 9.09. The lowest BCUT2D eigenvalue weighted by molar-refractivity contribution is -0.130. The molecule has 1 fully saturated rings. The monoisotopic (exact) mass is 311 g/mol. The Bertz CT molecular complexity index is 430. The molecular weight excluding hydrogens is 294 g/mol. The average molecular weight is 312 g/mol. The van der Waals surface area contributed by atoms with E-state index in [1.807, 2.05) is 13.1 Å². The van der Waals surface area contributed by atoms with Gasteiger partial charge < -0.3 is 10.0 Å². The molecule has 98 valence electrons. The minimum Gasteiger partial charge on any atom is -0.508 e. The summed E-state index contributed by atoms with van der Waals surface area (Å²) in [5.74, 6) is 0.954. The van der Waals surface area contributed by atoms with Crippen molar-refractivity contribution in [1.82, 2.24) is 4.90 Å². The highest BCUT2D eigenvalue weighted by atomic mass is 79.9. The lowest BCUT2D eigenvalue weighted by Gasteiger charge is -2.34. The summed E-state index contributed by atoms with van der Waals surface area (Å²) in [4.78, 5) is 14.4. The van der Waals surface area contributed by atoms with Gasteiger partial charge >= 0.3 is 0 Å². The molecule has 0 radical (unpaired) electrons. The van der Waals surface area contributed by atoms with E-state index in [1.165, 1.54) is 0 Å². The summed E-state index contributed by atoms with van der Waals surface area (Å²) < 4.78 is 0. The van der Waals surface area contributed by atoms with Gasteiger partial charge in [-0.1, -0.05) is 28.1 Å². The van der Waals surface area contributed by atoms with Crippen LogP contribution in [-0.2, 0) is 11.2 Å². The lowest BCUT2D eigenvalue weighted by Crippen LogP contribution is -2.38. The predicted molar refractivity (Wildman–Crippen MR) is 74.9 cm³/mol. The molecule has 1 N–H and O–H groups in total. The van der Waals surface area contributed by atoms with E-state index in [9.17, 15) is 9.90 Å². The second-order valence-corrected chi connectivity index (χ2v) is 6.35. The minimum absolute atomic E-state index is 0.110. The van der Waals surface area contributed by atoms with Crippen molar-refractivity contribution < 1.29 is 9.90 Å². The third-order valence-corrected chi connectivity index (χ3v) is 4.15. The number of amides is 1. The fourth-order valence-corrected chi connectivity index (χ4v) is 3.33. The van der Waals surface area contributed by atoms with E-state index < -0.39 is 0 Å². The van der Waals surface area contributed by atoms with Crippen molar-refractivity contribution in [3.8, 4) is 5.75 Å². The number of phenolic OH excluding ortho intramolecular Hbond substituents is 1. The van der Waals surface area contributed by atoms with Gasteiger partial charge in [-0.05, 0) is 36.5 Å². The van der Waals surface area contributed by atoms with Crippen molar-refractivity contribution in [2.45, 2.75) is 24.1 Å². The van der Waals surface area contributed by atoms with E-state index in [0.717, 1.165) is 24.9 Å². The molecule has 4 heteroatoms. The van der Waals surface area contributed by atoms with Gasteiger partial charge in [0.05, 0.1) is 6.42 Å². The largest absolute Gasteiger partial charge is 0.508 e. The van der Waals surface area contributed by atoms with Crippen molar-refractivity contribution in [1.29, 1.82) is 0 Å². The number of carbonyl (C=O) groups excluding carboxylic acids is 1. The standard InChI is InChI=1S/C14H18BrNO2/c1-16(9-11-5-12(15)6-11)14(18)8-10-3-2-4-13(17)7-10/h2-4,7,11-12,17H,5-6,8-9H2,1H3. The number of alkyl halides is 1. The number of carbonyl (C=O) groups is 1. The molecule has 3 nitrogen and oxygen atoms in total. The third-order valence-electron chi connectivity index (χ3n) is 3.40. The van der Waals surface area contributed by atoms with Gasteiger partial charge in [-0.15, -0.1) is 0 Å². The maximum Gasteiger partial charge on any atom is 0.226 e. The summed E-state index contributed by atoms with van der Waals surface area (Å²) in [6.45, 7) is 0.833. The van der Waals surface area contributed by atoms with Crippen LogP contribution >= 0.6 is 15.9 Å². The number of nitrogens with zero attached hydrogens (tertiary/aromatic N) is 1. The third kappa shape index (κ3) is 3.48. The van der Waals surface area contributed by atoms with E-state index in [1.54, 1.807) is 23.1 Å². The van der Waals surface area contributed by atoms with Crippen molar-refractivity contribution in [3.05, 3.63) is 29.8 Å². The number of hydrogen-bond donors (Lipinski definition) is 1. The normalized spacial score (nSPS) is 22.3. The van der Waals surface area contributed by atoms with Crippen molar-refractivity contribution in [3.63, 3.8) is 0 Å². The van der Waals surface area contributed by atoms with Gasteiger partial charge in [-0.25, -0.2) is 0 Å². The number of halogens is 1. The zero-order valence-electron chi connectivity index (χ0n) is 10.5. The van der Waals surface area contributed by atoms with Crippen LogP contribution in [0.5, 0.6) is 5.75 Å². The van der Waals surface area contributed by atoms with E-state index in [4.69, 9.17) is 0 Å². The second-order valence-electron chi connectivity index (χ2n) is 5.06. The molecular formula is C14H18BrNO2. The van der Waals surface area contributed by atoms with Gasteiger partial charge in [0.2, 0.25) is 5.91 Å². The van der Waals surface area contributed by atoms with E-state index in [2.05, 4.69) is 15.9 Å². The van der Waals surface area contributed by atoms with Gasteiger partial charge in [0.1, 0.15) is 5.75 Å². The SMILES string of the molecule is CN(CC1CC(Br)C1)C(=O)Cc1cccc(O)c1. The van der Waals surface area contributed by atoms with E-state index in [-0.39, 0.29) is 11.7 Å². The Morgan fingerprint density at radius 2 is 2.22 bits per heavy atom. The maximum absolute atomic E-state index is 12.0. The molecule has 0 aliphatic heterocycles. The van der Waals surface area contributed by atoms with Gasteiger partial charge in [-0.3, -0.25) is 4.79 Å². The Morgan fingerprint density at radius 3 is 2.83 bits per heavy atom. The number of likely N-dealkylation sites (N-methyl/N-ethyl adjacent to an activating group) is 1. The molecule has 0 heterocycles. The molecule has 1 aromatic carbocycles. The highest BCUT2D eigenvalue weighted by Crippen LogP contribution is 2.33. The summed E-state index contributed by atoms with van der Waals surface area (Å²) in [5, 5.41) is 9.36. The summed E-state index contributed by atoms with van der Waals surface area (Å²) in [7, 11) is 1.85. The van der Waals surface area contributed by atoms with Gasteiger partial charge in [-0.2, -0.15) is 0 Å². The Labute approximate surface area is 116 Å². The molecule has 18 heavy (non-hydrogen) atoms. The number of benzene rings is 1. The van der Waals surface area contributed by atoms with Gasteiger partial charge in [0.15, 0.2) is 0 Å².